The van der Waals surface area contributed by atoms with Crippen LogP contribution in [0.25, 0.3) is 0 Å². The molecule has 1 aliphatic carbocycles. The molecule has 0 bridgehead atoms. The zero-order chi connectivity index (χ0) is 30.8. The number of carbonyl (C=O) groups is 3. The van der Waals surface area contributed by atoms with Gasteiger partial charge in [0.15, 0.2) is 5.54 Å². The van der Waals surface area contributed by atoms with Crippen molar-refractivity contribution >= 4 is 35.0 Å². The first-order valence-corrected chi connectivity index (χ1v) is 12.1. The van der Waals surface area contributed by atoms with Gasteiger partial charge in [-0.2, -0.15) is 13.2 Å². The van der Waals surface area contributed by atoms with Crippen LogP contribution in [0.5, 0.6) is 5.75 Å². The molecule has 4 atom stereocenters. The molecular weight excluding hydrogens is 596 g/mol. The number of hydrogen-bond donors (Lipinski definition) is 2. The average molecular weight is 617 g/mol. The summed E-state index contributed by atoms with van der Waals surface area (Å²) >= 11 is 5.41. The van der Waals surface area contributed by atoms with Crippen molar-refractivity contribution in [1.82, 2.24) is 15.6 Å². The molecule has 2 N–H and O–H groups in total. The number of pyridine rings is 1. The summed E-state index contributed by atoms with van der Waals surface area (Å²) in [5, 5.41) is 4.32. The van der Waals surface area contributed by atoms with Crippen molar-refractivity contribution in [3.63, 3.8) is 0 Å². The number of anilines is 1. The predicted octanol–water partition coefficient (Wildman–Crippen LogP) is 4.62. The van der Waals surface area contributed by atoms with Gasteiger partial charge in [0, 0.05) is 29.5 Å². The van der Waals surface area contributed by atoms with Gasteiger partial charge in [-0.3, -0.25) is 24.3 Å². The quantitative estimate of drug-likeness (QED) is 0.333. The zero-order valence-corrected chi connectivity index (χ0v) is 21.6. The molecule has 0 aliphatic heterocycles. The molecule has 41 heavy (non-hydrogen) atoms. The topological polar surface area (TPSA) is 101 Å². The molecule has 17 heteroatoms. The lowest BCUT2D eigenvalue weighted by Crippen LogP contribution is -2.59. The van der Waals surface area contributed by atoms with Gasteiger partial charge in [0.1, 0.15) is 11.6 Å². The first-order valence-electron chi connectivity index (χ1n) is 11.7. The van der Waals surface area contributed by atoms with E-state index in [1.807, 2.05) is 0 Å². The molecule has 1 aromatic heterocycles. The van der Waals surface area contributed by atoms with Crippen LogP contribution in [0.15, 0.2) is 42.7 Å². The smallest absolute Gasteiger partial charge is 0.406 e. The summed E-state index contributed by atoms with van der Waals surface area (Å²) in [5.41, 5.74) is -5.79. The lowest BCUT2D eigenvalue weighted by Gasteiger charge is -2.41. The van der Waals surface area contributed by atoms with E-state index in [0.717, 1.165) is 49.6 Å². The Hall–Kier alpha value is -3.69. The normalized spacial score (nSPS) is 19.6. The molecule has 1 saturated carbocycles. The van der Waals surface area contributed by atoms with Crippen LogP contribution in [0, 0.1) is 5.82 Å². The lowest BCUT2D eigenvalue weighted by molar-refractivity contribution is -0.274. The maximum atomic E-state index is 14.2. The molecule has 1 aliphatic rings. The Kier molecular flexibility index (Phi) is 9.35. The maximum Gasteiger partial charge on any atom is 0.573 e. The molecular formula is C24H21ClF8N4O4. The highest BCUT2D eigenvalue weighted by Gasteiger charge is 2.48. The van der Waals surface area contributed by atoms with E-state index in [1.54, 1.807) is 5.32 Å². The van der Waals surface area contributed by atoms with Crippen LogP contribution in [-0.2, 0) is 19.9 Å². The van der Waals surface area contributed by atoms with E-state index in [2.05, 4.69) is 15.0 Å². The molecule has 0 saturated heterocycles. The number of rotatable bonds is 8. The average Bonchev–Trinajstić information content (AvgIpc) is 3.29. The largest absolute Gasteiger partial charge is 0.573 e. The predicted molar refractivity (Wildman–Crippen MR) is 127 cm³/mol. The zero-order valence-electron chi connectivity index (χ0n) is 20.8. The Labute approximate surface area is 232 Å². The van der Waals surface area contributed by atoms with E-state index in [-0.39, 0.29) is 30.5 Å². The fraction of sp³-hybridized carbons (Fsp3) is 0.417. The molecule has 1 fully saturated rings. The van der Waals surface area contributed by atoms with Crippen molar-refractivity contribution in [2.75, 3.05) is 4.90 Å². The van der Waals surface area contributed by atoms with Gasteiger partial charge in [0.25, 0.3) is 17.4 Å². The highest BCUT2D eigenvalue weighted by atomic mass is 35.5. The van der Waals surface area contributed by atoms with Crippen LogP contribution < -0.4 is 20.3 Å². The molecule has 0 radical (unpaired) electrons. The van der Waals surface area contributed by atoms with Gasteiger partial charge in [-0.15, -0.1) is 13.2 Å². The number of hydrogen-bond acceptors (Lipinski definition) is 5. The Balaban J connectivity index is 2.00. The van der Waals surface area contributed by atoms with Crippen LogP contribution in [-0.4, -0.2) is 53.0 Å². The molecule has 2 aromatic rings. The van der Waals surface area contributed by atoms with Crippen LogP contribution >= 0.6 is 11.6 Å². The first-order chi connectivity index (χ1) is 18.9. The van der Waals surface area contributed by atoms with E-state index in [1.165, 1.54) is 0 Å². The van der Waals surface area contributed by atoms with Crippen LogP contribution in [0.3, 0.4) is 0 Å². The number of alkyl halides is 8. The van der Waals surface area contributed by atoms with Crippen molar-refractivity contribution in [3.05, 3.63) is 54.1 Å². The number of nitrogens with one attached hydrogen (secondary N) is 2. The Morgan fingerprint density at radius 1 is 1.00 bits per heavy atom. The summed E-state index contributed by atoms with van der Waals surface area (Å²) < 4.78 is 108. The fourth-order valence-corrected chi connectivity index (χ4v) is 4.47. The highest BCUT2D eigenvalue weighted by Crippen LogP contribution is 2.37. The summed E-state index contributed by atoms with van der Waals surface area (Å²) in [4.78, 5) is 42.2. The second-order valence-electron chi connectivity index (χ2n) is 9.13. The Morgan fingerprint density at radius 3 is 2.05 bits per heavy atom. The number of carbonyl (C=O) groups excluding carboxylic acids is 3. The van der Waals surface area contributed by atoms with Crippen molar-refractivity contribution < 1.29 is 54.2 Å². The maximum absolute atomic E-state index is 14.2. The third-order valence-corrected chi connectivity index (χ3v) is 6.44. The van der Waals surface area contributed by atoms with Crippen LogP contribution in [0.1, 0.15) is 31.7 Å². The number of benzene rings is 1. The minimum absolute atomic E-state index is 0.0442. The lowest BCUT2D eigenvalue weighted by atomic mass is 9.88. The Bertz CT molecular complexity index is 1280. The summed E-state index contributed by atoms with van der Waals surface area (Å²) in [7, 11) is 0. The molecule has 1 heterocycles. The third kappa shape index (κ3) is 7.74. The van der Waals surface area contributed by atoms with Gasteiger partial charge in [-0.05, 0) is 56.5 Å². The molecule has 0 unspecified atom stereocenters. The van der Waals surface area contributed by atoms with Crippen LogP contribution in [0.4, 0.5) is 40.8 Å². The van der Waals surface area contributed by atoms with Crippen molar-refractivity contribution in [3.8, 4) is 5.75 Å². The third-order valence-electron chi connectivity index (χ3n) is 6.25. The summed E-state index contributed by atoms with van der Waals surface area (Å²) in [6, 6.07) is 2.34. The SMILES string of the molecule is C[C@](C(=O)N[C@@H]1CC[C@H](NC(=O)C(F)(F)F)C1)(c1cncc(F)c1)N(C(=O)[C@H](F)Cl)c1ccc(OC(F)(F)F)cc1. The molecule has 1 aromatic carbocycles. The van der Waals surface area contributed by atoms with E-state index < -0.39 is 65.1 Å². The number of amides is 3. The van der Waals surface area contributed by atoms with Crippen molar-refractivity contribution in [2.24, 2.45) is 0 Å². The van der Waals surface area contributed by atoms with E-state index >= 15 is 0 Å². The minimum Gasteiger partial charge on any atom is -0.406 e. The minimum atomic E-state index is -5.13. The van der Waals surface area contributed by atoms with Gasteiger partial charge in [-0.1, -0.05) is 11.6 Å². The number of aromatic nitrogens is 1. The molecule has 3 rings (SSSR count). The van der Waals surface area contributed by atoms with Gasteiger partial charge < -0.3 is 15.4 Å². The second kappa shape index (κ2) is 12.0. The molecule has 0 spiro atoms. The van der Waals surface area contributed by atoms with Gasteiger partial charge in [-0.25, -0.2) is 8.78 Å². The highest BCUT2D eigenvalue weighted by molar-refractivity contribution is 6.32. The number of halogens is 9. The number of ether oxygens (including phenoxy) is 1. The van der Waals surface area contributed by atoms with Gasteiger partial charge >= 0.3 is 18.4 Å². The Morgan fingerprint density at radius 2 is 1.56 bits per heavy atom. The monoisotopic (exact) mass is 616 g/mol. The molecule has 224 valence electrons. The van der Waals surface area contributed by atoms with Crippen LogP contribution in [0.2, 0.25) is 0 Å². The van der Waals surface area contributed by atoms with Gasteiger partial charge in [0.05, 0.1) is 6.20 Å². The van der Waals surface area contributed by atoms with E-state index in [9.17, 15) is 49.5 Å². The van der Waals surface area contributed by atoms with Crippen molar-refractivity contribution in [1.29, 1.82) is 0 Å². The second-order valence-corrected chi connectivity index (χ2v) is 9.51. The summed E-state index contributed by atoms with van der Waals surface area (Å²) in [5.74, 6) is -6.50. The summed E-state index contributed by atoms with van der Waals surface area (Å²) in [6.45, 7) is 1.06. The first kappa shape index (κ1) is 31.8. The van der Waals surface area contributed by atoms with Gasteiger partial charge in [0.2, 0.25) is 0 Å². The van der Waals surface area contributed by atoms with E-state index in [4.69, 9.17) is 11.6 Å². The van der Waals surface area contributed by atoms with Crippen molar-refractivity contribution in [2.45, 2.75) is 62.0 Å². The molecule has 8 nitrogen and oxygen atoms in total. The molecule has 3 amide bonds. The number of nitrogens with zero attached hydrogens (tertiary/aromatic N) is 2. The fourth-order valence-electron chi connectivity index (χ4n) is 4.38. The summed E-state index contributed by atoms with van der Waals surface area (Å²) in [6.07, 6.45) is -8.46. The standard InChI is InChI=1S/C24H21ClF8N4O4/c1-22(12-8-13(26)11-34-10-12,20(39)35-14-2-3-15(9-14)36-21(40)23(28,29)30)37(19(38)18(25)27)16-4-6-17(7-5-16)41-24(31,32)33/h4-8,10-11,14-15,18H,2-3,9H2,1H3,(H,35,39)(H,36,40)/t14-,15+,18+,22-/m1/s1. The van der Waals surface area contributed by atoms with E-state index in [0.29, 0.717) is 4.90 Å².